The van der Waals surface area contributed by atoms with Crippen molar-refractivity contribution in [2.45, 2.75) is 49.2 Å². The van der Waals surface area contributed by atoms with Crippen LogP contribution < -0.4 is 0 Å². The van der Waals surface area contributed by atoms with Gasteiger partial charge in [-0.05, 0) is 55.1 Å². The molecule has 0 radical (unpaired) electrons. The highest BCUT2D eigenvalue weighted by Gasteiger charge is 2.22. The largest absolute Gasteiger partial charge is 0.277 e. The van der Waals surface area contributed by atoms with Crippen molar-refractivity contribution in [2.24, 2.45) is 0 Å². The number of hydrogen-bond donors (Lipinski definition) is 0. The molecule has 7 heteroatoms. The van der Waals surface area contributed by atoms with Gasteiger partial charge in [-0.3, -0.25) is 4.40 Å². The van der Waals surface area contributed by atoms with Crippen molar-refractivity contribution in [3.63, 3.8) is 0 Å². The lowest BCUT2D eigenvalue weighted by molar-refractivity contribution is 0.699. The lowest BCUT2D eigenvalue weighted by Crippen LogP contribution is -2.00. The van der Waals surface area contributed by atoms with Crippen LogP contribution in [0.1, 0.15) is 36.0 Å². The molecule has 4 aromatic heterocycles. The topological polar surface area (TPSA) is 56.0 Å². The van der Waals surface area contributed by atoms with Gasteiger partial charge in [0.05, 0.1) is 0 Å². The van der Waals surface area contributed by atoms with Crippen LogP contribution in [0.15, 0.2) is 34.6 Å². The molecule has 0 amide bonds. The summed E-state index contributed by atoms with van der Waals surface area (Å²) in [5.74, 6) is 0.905. The van der Waals surface area contributed by atoms with Crippen LogP contribution in [0.2, 0.25) is 0 Å². The molecule has 0 N–H and O–H groups in total. The zero-order valence-electron chi connectivity index (χ0n) is 13.9. The maximum atomic E-state index is 4.86. The second-order valence-electron chi connectivity index (χ2n) is 6.20. The Morgan fingerprint density at radius 3 is 3.00 bits per heavy atom. The number of nitrogens with zero attached hydrogens (tertiary/aromatic N) is 5. The van der Waals surface area contributed by atoms with Crippen molar-refractivity contribution in [3.05, 3.63) is 40.7 Å². The Morgan fingerprint density at radius 2 is 2.08 bits per heavy atom. The maximum absolute atomic E-state index is 4.86. The van der Waals surface area contributed by atoms with Crippen molar-refractivity contribution in [1.82, 2.24) is 24.6 Å². The molecular formula is C18H17N5S2. The van der Waals surface area contributed by atoms with Crippen molar-refractivity contribution in [1.29, 1.82) is 0 Å². The third kappa shape index (κ3) is 2.53. The van der Waals surface area contributed by atoms with Crippen molar-refractivity contribution >= 4 is 39.0 Å². The van der Waals surface area contributed by atoms with E-state index < -0.39 is 0 Å². The maximum Gasteiger partial charge on any atom is 0.201 e. The lowest BCUT2D eigenvalue weighted by atomic mass is 9.97. The third-order valence-corrected chi connectivity index (χ3v) is 6.75. The molecular weight excluding hydrogens is 350 g/mol. The van der Waals surface area contributed by atoms with E-state index in [-0.39, 0.29) is 0 Å². The molecule has 0 saturated carbocycles. The fourth-order valence-corrected chi connectivity index (χ4v) is 5.70. The predicted octanol–water partition coefficient (Wildman–Crippen LogP) is 4.33. The summed E-state index contributed by atoms with van der Waals surface area (Å²) in [5, 5.41) is 11.8. The fourth-order valence-electron chi connectivity index (χ4n) is 3.37. The zero-order chi connectivity index (χ0) is 16.8. The lowest BCUT2D eigenvalue weighted by Gasteiger charge is -2.11. The summed E-state index contributed by atoms with van der Waals surface area (Å²) in [6.07, 6.45) is 7.69. The average molecular weight is 368 g/mol. The average Bonchev–Trinajstić information content (AvgIpc) is 3.23. The molecule has 0 fully saturated rings. The molecule has 0 atom stereocenters. The van der Waals surface area contributed by atoms with Crippen LogP contribution in [0.3, 0.4) is 0 Å². The third-order valence-electron chi connectivity index (χ3n) is 4.61. The Hall–Kier alpha value is -1.99. The van der Waals surface area contributed by atoms with E-state index in [0.717, 1.165) is 39.3 Å². The van der Waals surface area contributed by atoms with E-state index in [2.05, 4.69) is 17.1 Å². The first-order chi connectivity index (χ1) is 12.3. The summed E-state index contributed by atoms with van der Waals surface area (Å²) < 4.78 is 2.02. The molecule has 5 rings (SSSR count). The van der Waals surface area contributed by atoms with Gasteiger partial charge in [-0.25, -0.2) is 9.97 Å². The van der Waals surface area contributed by atoms with Gasteiger partial charge in [-0.15, -0.1) is 21.5 Å². The van der Waals surface area contributed by atoms with Crippen molar-refractivity contribution < 1.29 is 0 Å². The van der Waals surface area contributed by atoms with E-state index in [1.54, 1.807) is 11.8 Å². The first-order valence-electron chi connectivity index (χ1n) is 8.62. The van der Waals surface area contributed by atoms with E-state index in [0.29, 0.717) is 0 Å². The normalized spacial score (nSPS) is 14.3. The molecule has 0 bridgehead atoms. The highest BCUT2D eigenvalue weighted by atomic mass is 32.2. The van der Waals surface area contributed by atoms with Gasteiger partial charge in [0, 0.05) is 22.9 Å². The first-order valence-corrected chi connectivity index (χ1v) is 10.3. The summed E-state index contributed by atoms with van der Waals surface area (Å²) in [7, 11) is 0. The Labute approximate surface area is 153 Å². The highest BCUT2D eigenvalue weighted by Crippen LogP contribution is 2.41. The minimum absolute atomic E-state index is 0.840. The second-order valence-corrected chi connectivity index (χ2v) is 8.24. The van der Waals surface area contributed by atoms with Gasteiger partial charge in [0.2, 0.25) is 5.16 Å². The minimum Gasteiger partial charge on any atom is -0.277 e. The summed E-state index contributed by atoms with van der Waals surface area (Å²) in [6, 6.07) is 5.95. The number of rotatable bonds is 3. The number of aryl methyl sites for hydroxylation is 3. The minimum atomic E-state index is 0.840. The SMILES string of the molecule is CCc1nc(Sc2nnc3ccccn23)c2c3c(sc2n1)CCCC3. The van der Waals surface area contributed by atoms with Gasteiger partial charge in [0.25, 0.3) is 0 Å². The monoisotopic (exact) mass is 367 g/mol. The van der Waals surface area contributed by atoms with E-state index in [1.807, 2.05) is 40.1 Å². The molecule has 5 nitrogen and oxygen atoms in total. The molecule has 4 aromatic rings. The number of pyridine rings is 1. The van der Waals surface area contributed by atoms with Crippen LogP contribution in [-0.4, -0.2) is 24.6 Å². The van der Waals surface area contributed by atoms with Crippen LogP contribution in [-0.2, 0) is 19.3 Å². The Morgan fingerprint density at radius 1 is 1.16 bits per heavy atom. The first kappa shape index (κ1) is 15.3. The van der Waals surface area contributed by atoms with Gasteiger partial charge >= 0.3 is 0 Å². The van der Waals surface area contributed by atoms with E-state index in [1.165, 1.54) is 35.1 Å². The van der Waals surface area contributed by atoms with Crippen molar-refractivity contribution in [3.8, 4) is 0 Å². The predicted molar refractivity (Wildman–Crippen MR) is 101 cm³/mol. The number of thiophene rings is 1. The molecule has 1 aliphatic carbocycles. The summed E-state index contributed by atoms with van der Waals surface area (Å²) in [4.78, 5) is 12.3. The summed E-state index contributed by atoms with van der Waals surface area (Å²) >= 11 is 3.46. The van der Waals surface area contributed by atoms with Gasteiger partial charge in [0.15, 0.2) is 5.65 Å². The molecule has 0 aliphatic heterocycles. The Bertz CT molecular complexity index is 1080. The molecule has 0 unspecified atom stereocenters. The zero-order valence-corrected chi connectivity index (χ0v) is 15.5. The molecule has 0 saturated heterocycles. The highest BCUT2D eigenvalue weighted by molar-refractivity contribution is 7.99. The second kappa shape index (κ2) is 6.07. The van der Waals surface area contributed by atoms with Crippen molar-refractivity contribution in [2.75, 3.05) is 0 Å². The summed E-state index contributed by atoms with van der Waals surface area (Å²) in [6.45, 7) is 2.11. The number of hydrogen-bond acceptors (Lipinski definition) is 6. The van der Waals surface area contributed by atoms with Crippen LogP contribution in [0, 0.1) is 0 Å². The van der Waals surface area contributed by atoms with Crippen LogP contribution >= 0.6 is 23.1 Å². The Balaban J connectivity index is 1.70. The van der Waals surface area contributed by atoms with Gasteiger partial charge in [-0.1, -0.05) is 13.0 Å². The van der Waals surface area contributed by atoms with Gasteiger partial charge in [-0.2, -0.15) is 0 Å². The van der Waals surface area contributed by atoms with Gasteiger partial charge in [0.1, 0.15) is 15.7 Å². The smallest absolute Gasteiger partial charge is 0.201 e. The molecule has 126 valence electrons. The van der Waals surface area contributed by atoms with E-state index in [9.17, 15) is 0 Å². The Kier molecular flexibility index (Phi) is 3.71. The molecule has 25 heavy (non-hydrogen) atoms. The molecule has 0 aromatic carbocycles. The fraction of sp³-hybridized carbons (Fsp3) is 0.333. The van der Waals surface area contributed by atoms with Crippen LogP contribution in [0.5, 0.6) is 0 Å². The van der Waals surface area contributed by atoms with E-state index in [4.69, 9.17) is 9.97 Å². The molecule has 0 spiro atoms. The van der Waals surface area contributed by atoms with Crippen LogP contribution in [0.4, 0.5) is 0 Å². The number of aromatic nitrogens is 5. The molecule has 4 heterocycles. The number of fused-ring (bicyclic) bond motifs is 4. The van der Waals surface area contributed by atoms with Gasteiger partial charge < -0.3 is 0 Å². The van der Waals surface area contributed by atoms with E-state index >= 15 is 0 Å². The summed E-state index contributed by atoms with van der Waals surface area (Å²) in [5.41, 5.74) is 2.32. The van der Waals surface area contributed by atoms with Crippen LogP contribution in [0.25, 0.3) is 15.9 Å². The quantitative estimate of drug-likeness (QED) is 0.505. The molecule has 1 aliphatic rings. The standard InChI is InChI=1S/C18H17N5S2/c1-2-13-19-16-15(11-7-3-4-8-12(11)24-16)17(20-13)25-18-22-21-14-9-5-6-10-23(14)18/h5-6,9-10H,2-4,7-8H2,1H3.